The van der Waals surface area contributed by atoms with Crippen molar-refractivity contribution in [2.45, 2.75) is 0 Å². The van der Waals surface area contributed by atoms with Gasteiger partial charge in [0.25, 0.3) is 0 Å². The average molecular weight is 167 g/mol. The average Bonchev–Trinajstić information content (AvgIpc) is 1.89. The summed E-state index contributed by atoms with van der Waals surface area (Å²) in [6.07, 6.45) is 0. The number of rotatable bonds is 6. The molecule has 0 heterocycles. The van der Waals surface area contributed by atoms with Gasteiger partial charge in [0.05, 0.1) is 6.61 Å². The Bertz CT molecular complexity index is 48.2. The van der Waals surface area contributed by atoms with Gasteiger partial charge in [-0.3, -0.25) is 0 Å². The molecule has 0 aromatic carbocycles. The van der Waals surface area contributed by atoms with Gasteiger partial charge in [-0.1, -0.05) is 21.6 Å². The summed E-state index contributed by atoms with van der Waals surface area (Å²) in [7, 11) is 5.46. The third-order valence-electron chi connectivity index (χ3n) is 0.693. The van der Waals surface area contributed by atoms with Gasteiger partial charge in [-0.15, -0.1) is 0 Å². The van der Waals surface area contributed by atoms with Gasteiger partial charge in [0, 0.05) is 18.1 Å². The molecule has 0 saturated carbocycles. The predicted octanol–water partition coefficient (Wildman–Crippen LogP) is 0.579. The Hall–Kier alpha value is 0.620. The molecule has 9 heavy (non-hydrogen) atoms. The Morgan fingerprint density at radius 1 is 1.33 bits per heavy atom. The molecule has 0 amide bonds. The normalized spacial score (nSPS) is 10.0. The molecule has 0 fully saturated rings. The largest absolute Gasteiger partial charge is 0.395 e. The third kappa shape index (κ3) is 8.62. The van der Waals surface area contributed by atoms with Crippen molar-refractivity contribution in [3.05, 3.63) is 0 Å². The highest BCUT2D eigenvalue weighted by atomic mass is 33.1. The number of aliphatic hydroxyl groups excluding tert-OH is 1. The lowest BCUT2D eigenvalue weighted by Crippen LogP contribution is -2.09. The summed E-state index contributed by atoms with van der Waals surface area (Å²) in [5.74, 6) is 1.95. The van der Waals surface area contributed by atoms with Gasteiger partial charge < -0.3 is 10.4 Å². The minimum Gasteiger partial charge on any atom is -0.395 e. The lowest BCUT2D eigenvalue weighted by molar-refractivity contribution is 0.323. The van der Waals surface area contributed by atoms with Crippen LogP contribution < -0.4 is 5.32 Å². The third-order valence-corrected chi connectivity index (χ3v) is 3.08. The number of aliphatic hydroxyl groups is 1. The molecule has 0 aliphatic rings. The zero-order valence-corrected chi connectivity index (χ0v) is 7.23. The van der Waals surface area contributed by atoms with Crippen molar-refractivity contribution >= 4 is 21.6 Å². The zero-order valence-electron chi connectivity index (χ0n) is 5.59. The molecular formula is C5H13NOS2. The van der Waals surface area contributed by atoms with E-state index in [-0.39, 0.29) is 6.61 Å². The molecule has 0 aromatic heterocycles. The van der Waals surface area contributed by atoms with E-state index in [0.29, 0.717) is 0 Å². The van der Waals surface area contributed by atoms with Gasteiger partial charge in [-0.05, 0) is 7.05 Å². The van der Waals surface area contributed by atoms with Crippen LogP contribution in [0, 0.1) is 0 Å². The van der Waals surface area contributed by atoms with Gasteiger partial charge in [0.1, 0.15) is 0 Å². The number of nitrogens with one attached hydrogen (secondary N) is 1. The standard InChI is InChI=1S/C5H13NOS2/c1-6-2-4-8-9-5-3-7/h6-7H,2-5H2,1H3. The van der Waals surface area contributed by atoms with E-state index in [2.05, 4.69) is 5.32 Å². The van der Waals surface area contributed by atoms with Crippen LogP contribution in [0.1, 0.15) is 0 Å². The van der Waals surface area contributed by atoms with E-state index in [9.17, 15) is 0 Å². The molecule has 0 spiro atoms. The highest BCUT2D eigenvalue weighted by Crippen LogP contribution is 2.18. The minimum absolute atomic E-state index is 0.289. The molecule has 0 saturated heterocycles. The predicted molar refractivity (Wildman–Crippen MR) is 45.9 cm³/mol. The van der Waals surface area contributed by atoms with Gasteiger partial charge in [0.2, 0.25) is 0 Å². The van der Waals surface area contributed by atoms with Crippen molar-refractivity contribution in [2.75, 3.05) is 31.7 Å². The smallest absolute Gasteiger partial charge is 0.0530 e. The van der Waals surface area contributed by atoms with Crippen LogP contribution in [0.2, 0.25) is 0 Å². The van der Waals surface area contributed by atoms with Crippen LogP contribution in [0.4, 0.5) is 0 Å². The highest BCUT2D eigenvalue weighted by Gasteiger charge is 1.86. The summed E-state index contributed by atoms with van der Waals surface area (Å²) in [4.78, 5) is 0. The van der Waals surface area contributed by atoms with E-state index in [1.807, 2.05) is 7.05 Å². The molecule has 0 unspecified atom stereocenters. The highest BCUT2D eigenvalue weighted by molar-refractivity contribution is 8.76. The maximum Gasteiger partial charge on any atom is 0.0530 e. The lowest BCUT2D eigenvalue weighted by atomic mass is 10.8. The molecule has 4 heteroatoms. The first kappa shape index (κ1) is 9.62. The van der Waals surface area contributed by atoms with Crippen molar-refractivity contribution in [3.63, 3.8) is 0 Å². The van der Waals surface area contributed by atoms with Crippen LogP contribution in [-0.4, -0.2) is 36.8 Å². The Morgan fingerprint density at radius 2 is 2.00 bits per heavy atom. The summed E-state index contributed by atoms with van der Waals surface area (Å²) in [6, 6.07) is 0. The summed E-state index contributed by atoms with van der Waals surface area (Å²) in [5, 5.41) is 11.4. The van der Waals surface area contributed by atoms with Crippen LogP contribution in [0.15, 0.2) is 0 Å². The lowest BCUT2D eigenvalue weighted by Gasteiger charge is -1.96. The molecular weight excluding hydrogens is 154 g/mol. The summed E-state index contributed by atoms with van der Waals surface area (Å²) >= 11 is 0. The molecule has 2 N–H and O–H groups in total. The van der Waals surface area contributed by atoms with Crippen LogP contribution in [0.3, 0.4) is 0 Å². The van der Waals surface area contributed by atoms with E-state index in [4.69, 9.17) is 5.11 Å². The Morgan fingerprint density at radius 3 is 2.56 bits per heavy atom. The van der Waals surface area contributed by atoms with Gasteiger partial charge in [-0.2, -0.15) is 0 Å². The summed E-state index contributed by atoms with van der Waals surface area (Å²) in [6.45, 7) is 1.33. The number of hydrogen-bond donors (Lipinski definition) is 2. The van der Waals surface area contributed by atoms with Crippen LogP contribution in [-0.2, 0) is 0 Å². The van der Waals surface area contributed by atoms with E-state index in [1.54, 1.807) is 21.6 Å². The first-order valence-electron chi connectivity index (χ1n) is 2.91. The monoisotopic (exact) mass is 167 g/mol. The van der Waals surface area contributed by atoms with Gasteiger partial charge >= 0.3 is 0 Å². The van der Waals surface area contributed by atoms with E-state index in [0.717, 1.165) is 18.1 Å². The molecule has 56 valence electrons. The van der Waals surface area contributed by atoms with Crippen molar-refractivity contribution in [1.29, 1.82) is 0 Å². The second-order valence-electron chi connectivity index (χ2n) is 1.47. The maximum atomic E-state index is 8.37. The minimum atomic E-state index is 0.289. The van der Waals surface area contributed by atoms with Crippen molar-refractivity contribution < 1.29 is 5.11 Å². The number of hydrogen-bond acceptors (Lipinski definition) is 4. The van der Waals surface area contributed by atoms with E-state index >= 15 is 0 Å². The molecule has 0 rings (SSSR count). The fourth-order valence-electron chi connectivity index (χ4n) is 0.299. The molecule has 0 aliphatic carbocycles. The summed E-state index contributed by atoms with van der Waals surface area (Å²) < 4.78 is 0. The van der Waals surface area contributed by atoms with Crippen molar-refractivity contribution in [1.82, 2.24) is 5.32 Å². The van der Waals surface area contributed by atoms with Crippen LogP contribution >= 0.6 is 21.6 Å². The Kier molecular flexibility index (Phi) is 9.21. The molecule has 0 bridgehead atoms. The van der Waals surface area contributed by atoms with Crippen molar-refractivity contribution in [2.24, 2.45) is 0 Å². The fraction of sp³-hybridized carbons (Fsp3) is 1.00. The zero-order chi connectivity index (χ0) is 6.95. The molecule has 0 aromatic rings. The SMILES string of the molecule is CNCCSSCCO. The topological polar surface area (TPSA) is 32.3 Å². The van der Waals surface area contributed by atoms with Crippen LogP contribution in [0.25, 0.3) is 0 Å². The quantitative estimate of drug-likeness (QED) is 0.448. The second kappa shape index (κ2) is 8.62. The first-order valence-corrected chi connectivity index (χ1v) is 5.40. The molecule has 0 atom stereocenters. The molecule has 2 nitrogen and oxygen atoms in total. The van der Waals surface area contributed by atoms with Crippen molar-refractivity contribution in [3.8, 4) is 0 Å². The van der Waals surface area contributed by atoms with Crippen LogP contribution in [0.5, 0.6) is 0 Å². The molecule has 0 radical (unpaired) electrons. The van der Waals surface area contributed by atoms with E-state index in [1.165, 1.54) is 0 Å². The second-order valence-corrected chi connectivity index (χ2v) is 4.17. The van der Waals surface area contributed by atoms with Gasteiger partial charge in [0.15, 0.2) is 0 Å². The Balaban J connectivity index is 2.60. The summed E-state index contributed by atoms with van der Waals surface area (Å²) in [5.41, 5.74) is 0. The van der Waals surface area contributed by atoms with E-state index < -0.39 is 0 Å². The fourth-order valence-corrected chi connectivity index (χ4v) is 2.08. The Labute approximate surface area is 64.2 Å². The molecule has 0 aliphatic heterocycles. The van der Waals surface area contributed by atoms with Gasteiger partial charge in [-0.25, -0.2) is 0 Å². The first-order chi connectivity index (χ1) is 4.41. The maximum absolute atomic E-state index is 8.37.